The van der Waals surface area contributed by atoms with Crippen LogP contribution in [-0.4, -0.2) is 81.0 Å². The molecule has 2 rings (SSSR count). The Labute approximate surface area is 243 Å². The summed E-state index contributed by atoms with van der Waals surface area (Å²) in [6.45, 7) is 14.4. The average molecular weight is 574 g/mol. The minimum Gasteiger partial charge on any atom is -0.479 e. The van der Waals surface area contributed by atoms with E-state index in [9.17, 15) is 9.59 Å². The van der Waals surface area contributed by atoms with Gasteiger partial charge in [0, 0.05) is 31.7 Å². The first kappa shape index (κ1) is 39.9. The minimum absolute atomic E-state index is 0. The summed E-state index contributed by atoms with van der Waals surface area (Å²) in [5.41, 5.74) is 5.37. The van der Waals surface area contributed by atoms with E-state index in [2.05, 4.69) is 47.2 Å². The highest BCUT2D eigenvalue weighted by Gasteiger charge is 2.23. The molecule has 0 radical (unpaired) electrons. The molecule has 3 atom stereocenters. The van der Waals surface area contributed by atoms with E-state index >= 15 is 0 Å². The smallest absolute Gasteiger partial charge is 0.305 e. The Morgan fingerprint density at radius 2 is 1.20 bits per heavy atom. The zero-order chi connectivity index (χ0) is 29.8. The van der Waals surface area contributed by atoms with Crippen LogP contribution >= 0.6 is 0 Å². The second kappa shape index (κ2) is 23.5. The zero-order valence-electron chi connectivity index (χ0n) is 25.6. The number of aliphatic hydroxyl groups is 1. The summed E-state index contributed by atoms with van der Waals surface area (Å²) in [5, 5.41) is 8.38. The maximum atomic E-state index is 10.6. The van der Waals surface area contributed by atoms with Gasteiger partial charge in [0.1, 0.15) is 13.2 Å². The van der Waals surface area contributed by atoms with Gasteiger partial charge in [0.15, 0.2) is 11.8 Å². The molecule has 3 N–H and O–H groups in total. The van der Waals surface area contributed by atoms with Gasteiger partial charge in [0.25, 0.3) is 0 Å². The Morgan fingerprint density at radius 1 is 0.825 bits per heavy atom. The molecule has 0 aromatic carbocycles. The highest BCUT2D eigenvalue weighted by atomic mass is 16.5. The van der Waals surface area contributed by atoms with Gasteiger partial charge in [-0.05, 0) is 43.4 Å². The molecule has 236 valence electrons. The number of unbranched alkanes of at least 4 members (excludes halogenated alkanes) is 2. The number of carbonyl (C=O) groups is 2. The lowest BCUT2D eigenvalue weighted by Gasteiger charge is -2.10. The van der Waals surface area contributed by atoms with Gasteiger partial charge < -0.3 is 29.8 Å². The van der Waals surface area contributed by atoms with Crippen molar-refractivity contribution in [1.82, 2.24) is 0 Å². The van der Waals surface area contributed by atoms with E-state index in [4.69, 9.17) is 20.3 Å². The van der Waals surface area contributed by atoms with E-state index in [1.165, 1.54) is 14.2 Å². The number of carbonyl (C=O) groups excluding carboxylic acids is 2. The van der Waals surface area contributed by atoms with E-state index in [1.54, 1.807) is 0 Å². The van der Waals surface area contributed by atoms with Crippen LogP contribution in [0.3, 0.4) is 0 Å². The molecule has 2 aliphatic rings. The Morgan fingerprint density at radius 3 is 1.43 bits per heavy atom. The SMILES string of the molecule is C.CC(C)[C@H](N)CO.CC(C)[C@H]1COC(CCCCC2=N[C@@H](C(C)C)CO2)=N1.COC(=O)CCCCC(=O)OC. The van der Waals surface area contributed by atoms with Crippen molar-refractivity contribution in [2.45, 2.75) is 118 Å². The third kappa shape index (κ3) is 19.0. The van der Waals surface area contributed by atoms with Crippen LogP contribution < -0.4 is 5.73 Å². The molecule has 0 aliphatic carbocycles. The summed E-state index contributed by atoms with van der Waals surface area (Å²) in [5.74, 6) is 2.95. The number of rotatable bonds is 14. The van der Waals surface area contributed by atoms with Crippen molar-refractivity contribution in [3.63, 3.8) is 0 Å². The van der Waals surface area contributed by atoms with Gasteiger partial charge >= 0.3 is 11.9 Å². The van der Waals surface area contributed by atoms with Crippen LogP contribution in [0.2, 0.25) is 0 Å². The second-order valence-corrected chi connectivity index (χ2v) is 10.9. The molecule has 0 amide bonds. The normalized spacial score (nSPS) is 18.2. The molecular weight excluding hydrogens is 514 g/mol. The van der Waals surface area contributed by atoms with Crippen molar-refractivity contribution in [2.24, 2.45) is 33.5 Å². The molecule has 10 nitrogen and oxygen atoms in total. The van der Waals surface area contributed by atoms with E-state index in [0.29, 0.717) is 55.5 Å². The Balaban J connectivity index is 0. The summed E-state index contributed by atoms with van der Waals surface area (Å²) in [6, 6.07) is 0.679. The fourth-order valence-electron chi connectivity index (χ4n) is 3.34. The number of ether oxygens (including phenoxy) is 4. The number of hydrogen-bond donors (Lipinski definition) is 2. The second-order valence-electron chi connectivity index (χ2n) is 10.9. The van der Waals surface area contributed by atoms with Crippen LogP contribution in [-0.2, 0) is 28.5 Å². The largest absolute Gasteiger partial charge is 0.479 e. The van der Waals surface area contributed by atoms with Crippen molar-refractivity contribution in [3.05, 3.63) is 0 Å². The summed E-state index contributed by atoms with van der Waals surface area (Å²) in [7, 11) is 2.70. The van der Waals surface area contributed by atoms with E-state index in [0.717, 1.165) is 50.7 Å². The highest BCUT2D eigenvalue weighted by molar-refractivity contribution is 5.79. The summed E-state index contributed by atoms with van der Waals surface area (Å²) < 4.78 is 20.1. The third-order valence-corrected chi connectivity index (χ3v) is 6.57. The lowest BCUT2D eigenvalue weighted by atomic mass is 10.1. The number of nitrogens with zero attached hydrogens (tertiary/aromatic N) is 2. The van der Waals surface area contributed by atoms with Crippen molar-refractivity contribution >= 4 is 23.7 Å². The number of nitrogens with two attached hydrogens (primary N) is 1. The van der Waals surface area contributed by atoms with Gasteiger partial charge in [-0.3, -0.25) is 9.59 Å². The molecule has 0 aromatic rings. The number of esters is 2. The Kier molecular flexibility index (Phi) is 23.5. The van der Waals surface area contributed by atoms with Gasteiger partial charge in [0.05, 0.1) is 32.9 Å². The average Bonchev–Trinajstić information content (AvgIpc) is 3.59. The number of aliphatic hydroxyl groups excluding tert-OH is 1. The molecule has 2 aliphatic heterocycles. The molecule has 0 aromatic heterocycles. The van der Waals surface area contributed by atoms with Gasteiger partial charge in [-0.25, -0.2) is 9.98 Å². The lowest BCUT2D eigenvalue weighted by Crippen LogP contribution is -2.29. The van der Waals surface area contributed by atoms with Crippen LogP contribution in [0.1, 0.15) is 100 Å². The molecule has 0 spiro atoms. The van der Waals surface area contributed by atoms with Crippen molar-refractivity contribution < 1.29 is 33.6 Å². The molecule has 0 saturated heterocycles. The van der Waals surface area contributed by atoms with E-state index in [-0.39, 0.29) is 32.0 Å². The quantitative estimate of drug-likeness (QED) is 0.220. The standard InChI is InChI=1S/C16H28N2O2.C8H14O4.C5H13NO.CH4/c1-11(2)13-9-19-15(17-13)7-5-6-8-16-18-14(10-20-16)12(3)4;1-11-7(9)5-3-4-6-8(10)12-2;1-4(2)5(6)3-7;/h11-14H,5-10H2,1-4H3;3-6H2,1-2H3;4-5,7H,3,6H2,1-2H3;1H4/t13-,14-;;5-;/m1.1./s1. The third-order valence-electron chi connectivity index (χ3n) is 6.57. The summed E-state index contributed by atoms with van der Waals surface area (Å²) in [6.07, 6.45) is 6.16. The zero-order valence-corrected chi connectivity index (χ0v) is 25.6. The fraction of sp³-hybridized carbons (Fsp3) is 0.867. The summed E-state index contributed by atoms with van der Waals surface area (Å²) >= 11 is 0. The first-order chi connectivity index (χ1) is 18.4. The van der Waals surface area contributed by atoms with Gasteiger partial charge in [-0.15, -0.1) is 0 Å². The molecule has 0 unspecified atom stereocenters. The van der Waals surface area contributed by atoms with Crippen LogP contribution in [0.4, 0.5) is 0 Å². The number of methoxy groups -OCH3 is 2. The van der Waals surface area contributed by atoms with Crippen LogP contribution in [0.25, 0.3) is 0 Å². The predicted molar refractivity (Wildman–Crippen MR) is 162 cm³/mol. The van der Waals surface area contributed by atoms with E-state index < -0.39 is 0 Å². The fourth-order valence-corrected chi connectivity index (χ4v) is 3.34. The Hall–Kier alpha value is -2.20. The molecule has 10 heteroatoms. The molecule has 0 bridgehead atoms. The minimum atomic E-state index is -0.236. The van der Waals surface area contributed by atoms with Gasteiger partial charge in [-0.1, -0.05) is 49.0 Å². The monoisotopic (exact) mass is 573 g/mol. The number of hydrogen-bond acceptors (Lipinski definition) is 10. The Bertz CT molecular complexity index is 685. The molecule has 0 fully saturated rings. The molecule has 40 heavy (non-hydrogen) atoms. The first-order valence-corrected chi connectivity index (χ1v) is 14.3. The van der Waals surface area contributed by atoms with Crippen LogP contribution in [0.5, 0.6) is 0 Å². The maximum absolute atomic E-state index is 10.6. The predicted octanol–water partition coefficient (Wildman–Crippen LogP) is 4.94. The molecular formula is C30H59N3O7. The van der Waals surface area contributed by atoms with Gasteiger partial charge in [0.2, 0.25) is 0 Å². The molecule has 2 heterocycles. The van der Waals surface area contributed by atoms with Crippen molar-refractivity contribution in [2.75, 3.05) is 34.0 Å². The maximum Gasteiger partial charge on any atom is 0.305 e. The molecule has 0 saturated carbocycles. The highest BCUT2D eigenvalue weighted by Crippen LogP contribution is 2.19. The van der Waals surface area contributed by atoms with Crippen molar-refractivity contribution in [3.8, 4) is 0 Å². The van der Waals surface area contributed by atoms with Crippen molar-refractivity contribution in [1.29, 1.82) is 0 Å². The van der Waals surface area contributed by atoms with Crippen LogP contribution in [0, 0.1) is 17.8 Å². The number of aliphatic imine (C=N–C) groups is 2. The lowest BCUT2D eigenvalue weighted by molar-refractivity contribution is -0.142. The topological polar surface area (TPSA) is 142 Å². The van der Waals surface area contributed by atoms with Gasteiger partial charge in [-0.2, -0.15) is 0 Å². The van der Waals surface area contributed by atoms with E-state index in [1.807, 2.05) is 13.8 Å². The first-order valence-electron chi connectivity index (χ1n) is 14.3. The summed E-state index contributed by atoms with van der Waals surface area (Å²) in [4.78, 5) is 30.4. The van der Waals surface area contributed by atoms with Crippen LogP contribution in [0.15, 0.2) is 9.98 Å².